The maximum Gasteiger partial charge on any atom is 0.0349 e. The Morgan fingerprint density at radius 3 is 2.68 bits per heavy atom. The highest BCUT2D eigenvalue weighted by Gasteiger charge is 2.01. The molecule has 0 saturated carbocycles. The third-order valence-corrected chi connectivity index (χ3v) is 5.64. The highest BCUT2D eigenvalue weighted by molar-refractivity contribution is 7.20. The molecule has 2 heterocycles. The highest BCUT2D eigenvalue weighted by atomic mass is 32.1. The Bertz CT molecular complexity index is 737. The first-order valence-electron chi connectivity index (χ1n) is 7.36. The normalized spacial score (nSPS) is 12.0. The maximum absolute atomic E-state index is 9.13. The smallest absolute Gasteiger partial charge is 0.0349 e. The van der Waals surface area contributed by atoms with Gasteiger partial charge in [-0.25, -0.2) is 0 Å². The zero-order valence-corrected chi connectivity index (χ0v) is 14.2. The van der Waals surface area contributed by atoms with Crippen LogP contribution in [0.4, 0.5) is 0 Å². The summed E-state index contributed by atoms with van der Waals surface area (Å²) in [6, 6.07) is 15.1. The SMILES string of the molecule is CN(O)CCCc1ccc(C=Cc2cc3ccccc3s2)s1. The summed E-state index contributed by atoms with van der Waals surface area (Å²) in [5, 5.41) is 11.7. The van der Waals surface area contributed by atoms with E-state index < -0.39 is 0 Å². The van der Waals surface area contributed by atoms with Gasteiger partial charge in [0.05, 0.1) is 0 Å². The van der Waals surface area contributed by atoms with Gasteiger partial charge in [-0.2, -0.15) is 5.06 Å². The number of aryl methyl sites for hydroxylation is 1. The molecule has 3 rings (SSSR count). The minimum Gasteiger partial charge on any atom is -0.314 e. The number of rotatable bonds is 6. The molecule has 4 heteroatoms. The molecule has 22 heavy (non-hydrogen) atoms. The molecule has 1 N–H and O–H groups in total. The van der Waals surface area contributed by atoms with Crippen LogP contribution in [0.5, 0.6) is 0 Å². The molecule has 0 atom stereocenters. The molecule has 0 fully saturated rings. The van der Waals surface area contributed by atoms with Crippen molar-refractivity contribution in [3.05, 3.63) is 57.1 Å². The van der Waals surface area contributed by atoms with Gasteiger partial charge < -0.3 is 5.21 Å². The Morgan fingerprint density at radius 1 is 1.05 bits per heavy atom. The van der Waals surface area contributed by atoms with Crippen LogP contribution in [0, 0.1) is 0 Å². The van der Waals surface area contributed by atoms with Crippen molar-refractivity contribution in [2.24, 2.45) is 0 Å². The number of thiophene rings is 2. The Balaban J connectivity index is 1.64. The summed E-state index contributed by atoms with van der Waals surface area (Å²) >= 11 is 3.65. The lowest BCUT2D eigenvalue weighted by Gasteiger charge is -2.05. The van der Waals surface area contributed by atoms with Crippen molar-refractivity contribution in [1.82, 2.24) is 5.06 Å². The fourth-order valence-corrected chi connectivity index (χ4v) is 4.27. The molecule has 0 amide bonds. The van der Waals surface area contributed by atoms with Gasteiger partial charge in [0.25, 0.3) is 0 Å². The lowest BCUT2D eigenvalue weighted by Crippen LogP contribution is -2.14. The van der Waals surface area contributed by atoms with Crippen molar-refractivity contribution >= 4 is 44.9 Å². The van der Waals surface area contributed by atoms with Gasteiger partial charge in [-0.05, 0) is 54.6 Å². The van der Waals surface area contributed by atoms with E-state index in [9.17, 15) is 0 Å². The first-order chi connectivity index (χ1) is 10.7. The minimum absolute atomic E-state index is 0.713. The number of hydrogen-bond donors (Lipinski definition) is 1. The molecule has 0 radical (unpaired) electrons. The first kappa shape index (κ1) is 15.4. The van der Waals surface area contributed by atoms with E-state index in [0.717, 1.165) is 12.8 Å². The fraction of sp³-hybridized carbons (Fsp3) is 0.222. The van der Waals surface area contributed by atoms with Gasteiger partial charge >= 0.3 is 0 Å². The van der Waals surface area contributed by atoms with Gasteiger partial charge in [-0.3, -0.25) is 0 Å². The number of hydrogen-bond acceptors (Lipinski definition) is 4. The molecular weight excluding hydrogens is 310 g/mol. The summed E-state index contributed by atoms with van der Waals surface area (Å²) in [7, 11) is 1.69. The number of benzene rings is 1. The molecule has 0 aliphatic carbocycles. The van der Waals surface area contributed by atoms with Gasteiger partial charge in [0.15, 0.2) is 0 Å². The zero-order valence-electron chi connectivity index (χ0n) is 12.5. The van der Waals surface area contributed by atoms with Crippen LogP contribution in [-0.4, -0.2) is 23.9 Å². The van der Waals surface area contributed by atoms with Crippen molar-refractivity contribution in [2.45, 2.75) is 12.8 Å². The molecular formula is C18H19NOS2. The monoisotopic (exact) mass is 329 g/mol. The second-order valence-corrected chi connectivity index (χ2v) is 7.62. The molecule has 3 aromatic rings. The van der Waals surface area contributed by atoms with Crippen LogP contribution in [0.15, 0.2) is 42.5 Å². The van der Waals surface area contributed by atoms with Gasteiger partial charge in [-0.15, -0.1) is 22.7 Å². The van der Waals surface area contributed by atoms with Gasteiger partial charge in [0, 0.05) is 32.9 Å². The number of hydroxylamine groups is 2. The molecule has 1 aromatic carbocycles. The summed E-state index contributed by atoms with van der Waals surface area (Å²) in [4.78, 5) is 3.95. The van der Waals surface area contributed by atoms with Crippen molar-refractivity contribution < 1.29 is 5.21 Å². The summed E-state index contributed by atoms with van der Waals surface area (Å²) in [5.74, 6) is 0. The summed E-state index contributed by atoms with van der Waals surface area (Å²) in [5.41, 5.74) is 0. The Kier molecular flexibility index (Phi) is 5.05. The van der Waals surface area contributed by atoms with Crippen molar-refractivity contribution in [3.63, 3.8) is 0 Å². The highest BCUT2D eigenvalue weighted by Crippen LogP contribution is 2.27. The van der Waals surface area contributed by atoms with E-state index in [1.165, 1.54) is 29.8 Å². The van der Waals surface area contributed by atoms with Gasteiger partial charge in [0.2, 0.25) is 0 Å². The lowest BCUT2D eigenvalue weighted by atomic mass is 10.2. The number of nitrogens with zero attached hydrogens (tertiary/aromatic N) is 1. The van der Waals surface area contributed by atoms with Crippen LogP contribution >= 0.6 is 22.7 Å². The van der Waals surface area contributed by atoms with E-state index >= 15 is 0 Å². The van der Waals surface area contributed by atoms with E-state index in [0.29, 0.717) is 6.54 Å². The van der Waals surface area contributed by atoms with E-state index in [-0.39, 0.29) is 0 Å². The first-order valence-corrected chi connectivity index (χ1v) is 8.99. The third kappa shape index (κ3) is 4.05. The van der Waals surface area contributed by atoms with Crippen molar-refractivity contribution in [3.8, 4) is 0 Å². The van der Waals surface area contributed by atoms with Crippen LogP contribution in [0.1, 0.15) is 21.1 Å². The molecule has 0 unspecified atom stereocenters. The Morgan fingerprint density at radius 2 is 1.86 bits per heavy atom. The predicted octanol–water partition coefficient (Wildman–Crippen LogP) is 5.39. The second-order valence-electron chi connectivity index (χ2n) is 5.31. The van der Waals surface area contributed by atoms with Crippen LogP contribution in [0.25, 0.3) is 22.2 Å². The van der Waals surface area contributed by atoms with E-state index in [1.54, 1.807) is 7.05 Å². The molecule has 0 spiro atoms. The third-order valence-electron chi connectivity index (χ3n) is 3.44. The standard InChI is InChI=1S/C18H19NOS2/c1-19(20)12-4-6-15-8-9-16(21-15)10-11-17-13-14-5-2-3-7-18(14)22-17/h2-3,5,7-11,13,20H,4,6,12H2,1H3. The van der Waals surface area contributed by atoms with Crippen molar-refractivity contribution in [2.75, 3.05) is 13.6 Å². The van der Waals surface area contributed by atoms with Crippen LogP contribution < -0.4 is 0 Å². The van der Waals surface area contributed by atoms with E-state index in [1.807, 2.05) is 22.7 Å². The van der Waals surface area contributed by atoms with E-state index in [2.05, 4.69) is 54.6 Å². The summed E-state index contributed by atoms with van der Waals surface area (Å²) < 4.78 is 1.34. The largest absolute Gasteiger partial charge is 0.314 e. The van der Waals surface area contributed by atoms with Crippen LogP contribution in [0.3, 0.4) is 0 Å². The topological polar surface area (TPSA) is 23.5 Å². The molecule has 114 valence electrons. The fourth-order valence-electron chi connectivity index (χ4n) is 2.35. The zero-order chi connectivity index (χ0) is 15.4. The van der Waals surface area contributed by atoms with Crippen LogP contribution in [0.2, 0.25) is 0 Å². The average Bonchev–Trinajstić information content (AvgIpc) is 3.10. The molecule has 2 aromatic heterocycles. The predicted molar refractivity (Wildman–Crippen MR) is 97.8 cm³/mol. The Hall–Kier alpha value is -1.46. The van der Waals surface area contributed by atoms with Gasteiger partial charge in [0.1, 0.15) is 0 Å². The quantitative estimate of drug-likeness (QED) is 0.613. The molecule has 0 bridgehead atoms. The minimum atomic E-state index is 0.713. The molecule has 0 saturated heterocycles. The number of fused-ring (bicyclic) bond motifs is 1. The molecule has 0 aliphatic heterocycles. The van der Waals surface area contributed by atoms with Gasteiger partial charge in [-0.1, -0.05) is 18.2 Å². The summed E-state index contributed by atoms with van der Waals surface area (Å²) in [6.45, 7) is 0.713. The average molecular weight is 329 g/mol. The second kappa shape index (κ2) is 7.20. The maximum atomic E-state index is 9.13. The molecule has 0 aliphatic rings. The lowest BCUT2D eigenvalue weighted by molar-refractivity contribution is -0.0650. The Labute approximate surface area is 138 Å². The molecule has 2 nitrogen and oxygen atoms in total. The van der Waals surface area contributed by atoms with E-state index in [4.69, 9.17) is 5.21 Å². The summed E-state index contributed by atoms with van der Waals surface area (Å²) in [6.07, 6.45) is 6.39. The van der Waals surface area contributed by atoms with Crippen molar-refractivity contribution in [1.29, 1.82) is 0 Å². The van der Waals surface area contributed by atoms with Crippen LogP contribution in [-0.2, 0) is 6.42 Å².